The second-order valence-electron chi connectivity index (χ2n) is 7.64. The molecular weight excluding hydrogens is 316 g/mol. The zero-order valence-corrected chi connectivity index (χ0v) is 16.1. The van der Waals surface area contributed by atoms with Crippen molar-refractivity contribution in [3.8, 4) is 0 Å². The summed E-state index contributed by atoms with van der Waals surface area (Å²) in [5, 5.41) is 0. The molecule has 134 valence electrons. The highest BCUT2D eigenvalue weighted by Gasteiger charge is 2.28. The minimum absolute atomic E-state index is 0.314. The molecule has 1 aliphatic heterocycles. The van der Waals surface area contributed by atoms with E-state index in [0.717, 1.165) is 19.6 Å². The van der Waals surface area contributed by atoms with E-state index in [4.69, 9.17) is 0 Å². The van der Waals surface area contributed by atoms with Crippen molar-refractivity contribution < 1.29 is 0 Å². The van der Waals surface area contributed by atoms with Gasteiger partial charge in [-0.25, -0.2) is 0 Å². The SMILES string of the molecule is Cc1ccc(CN2CCCn3cccc3C2c2ccccc2C)c(C)c1. The first-order chi connectivity index (χ1) is 12.6. The highest BCUT2D eigenvalue weighted by molar-refractivity contribution is 5.36. The summed E-state index contributed by atoms with van der Waals surface area (Å²) in [6.45, 7) is 9.87. The average Bonchev–Trinajstić information content (AvgIpc) is 3.00. The van der Waals surface area contributed by atoms with Crippen molar-refractivity contribution in [3.05, 3.63) is 94.3 Å². The van der Waals surface area contributed by atoms with Gasteiger partial charge in [0, 0.05) is 31.5 Å². The molecule has 0 amide bonds. The number of rotatable bonds is 3. The van der Waals surface area contributed by atoms with E-state index in [1.807, 2.05) is 0 Å². The number of fused-ring (bicyclic) bond motifs is 1. The van der Waals surface area contributed by atoms with Gasteiger partial charge in [0.25, 0.3) is 0 Å². The summed E-state index contributed by atoms with van der Waals surface area (Å²) in [6, 6.07) is 20.5. The largest absolute Gasteiger partial charge is 0.350 e. The normalized spacial score (nSPS) is 17.7. The molecule has 0 radical (unpaired) electrons. The van der Waals surface area contributed by atoms with Crippen molar-refractivity contribution in [1.29, 1.82) is 0 Å². The Morgan fingerprint density at radius 3 is 2.54 bits per heavy atom. The monoisotopic (exact) mass is 344 g/mol. The molecule has 3 aromatic rings. The third kappa shape index (κ3) is 3.22. The first-order valence-corrected chi connectivity index (χ1v) is 9.64. The second-order valence-corrected chi connectivity index (χ2v) is 7.64. The molecule has 0 spiro atoms. The molecular formula is C24H28N2. The first-order valence-electron chi connectivity index (χ1n) is 9.64. The third-order valence-corrected chi connectivity index (χ3v) is 5.71. The maximum Gasteiger partial charge on any atom is 0.0761 e. The Bertz CT molecular complexity index is 906. The maximum atomic E-state index is 2.67. The van der Waals surface area contributed by atoms with E-state index in [-0.39, 0.29) is 0 Å². The zero-order chi connectivity index (χ0) is 18.1. The standard InChI is InChI=1S/C24H28N2/c1-18-11-12-21(20(3)16-18)17-26-15-7-14-25-13-6-10-23(25)24(26)22-9-5-4-8-19(22)2/h4-6,8-13,16,24H,7,14-15,17H2,1-3H3. The van der Waals surface area contributed by atoms with Crippen LogP contribution in [0.3, 0.4) is 0 Å². The molecule has 0 saturated carbocycles. The highest BCUT2D eigenvalue weighted by atomic mass is 15.2. The van der Waals surface area contributed by atoms with Crippen LogP contribution >= 0.6 is 0 Å². The van der Waals surface area contributed by atoms with Crippen molar-refractivity contribution in [2.45, 2.75) is 46.3 Å². The van der Waals surface area contributed by atoms with Crippen molar-refractivity contribution >= 4 is 0 Å². The fraction of sp³-hybridized carbons (Fsp3) is 0.333. The van der Waals surface area contributed by atoms with Gasteiger partial charge in [-0.2, -0.15) is 0 Å². The zero-order valence-electron chi connectivity index (χ0n) is 16.1. The summed E-state index contributed by atoms with van der Waals surface area (Å²) < 4.78 is 2.44. The molecule has 26 heavy (non-hydrogen) atoms. The number of benzene rings is 2. The molecule has 1 aliphatic rings. The van der Waals surface area contributed by atoms with E-state index in [9.17, 15) is 0 Å². The van der Waals surface area contributed by atoms with Crippen molar-refractivity contribution in [1.82, 2.24) is 9.47 Å². The lowest BCUT2D eigenvalue weighted by molar-refractivity contribution is 0.219. The van der Waals surface area contributed by atoms with E-state index in [1.165, 1.54) is 39.9 Å². The maximum absolute atomic E-state index is 2.67. The van der Waals surface area contributed by atoms with E-state index >= 15 is 0 Å². The summed E-state index contributed by atoms with van der Waals surface area (Å²) in [5.41, 5.74) is 8.40. The van der Waals surface area contributed by atoms with Crippen LogP contribution in [0.15, 0.2) is 60.8 Å². The number of hydrogen-bond donors (Lipinski definition) is 0. The second kappa shape index (κ2) is 7.13. The molecule has 0 bridgehead atoms. The Morgan fingerprint density at radius 2 is 1.73 bits per heavy atom. The predicted molar refractivity (Wildman–Crippen MR) is 108 cm³/mol. The van der Waals surface area contributed by atoms with Gasteiger partial charge in [-0.15, -0.1) is 0 Å². The van der Waals surface area contributed by atoms with Gasteiger partial charge in [-0.1, -0.05) is 48.0 Å². The quantitative estimate of drug-likeness (QED) is 0.617. The summed E-state index contributed by atoms with van der Waals surface area (Å²) in [6.07, 6.45) is 3.43. The molecule has 2 heterocycles. The van der Waals surface area contributed by atoms with Crippen molar-refractivity contribution in [2.75, 3.05) is 6.54 Å². The van der Waals surface area contributed by atoms with Crippen LogP contribution in [0.25, 0.3) is 0 Å². The molecule has 0 aliphatic carbocycles. The van der Waals surface area contributed by atoms with Crippen LogP contribution in [0.4, 0.5) is 0 Å². The Hall–Kier alpha value is -2.32. The lowest BCUT2D eigenvalue weighted by Crippen LogP contribution is -2.30. The summed E-state index contributed by atoms with van der Waals surface area (Å²) in [7, 11) is 0. The summed E-state index contributed by atoms with van der Waals surface area (Å²) in [4.78, 5) is 2.67. The van der Waals surface area contributed by atoms with Crippen LogP contribution in [-0.4, -0.2) is 16.0 Å². The van der Waals surface area contributed by atoms with Gasteiger partial charge < -0.3 is 4.57 Å². The van der Waals surface area contributed by atoms with E-state index in [2.05, 4.69) is 91.0 Å². The van der Waals surface area contributed by atoms with Crippen LogP contribution in [0.5, 0.6) is 0 Å². The lowest BCUT2D eigenvalue weighted by atomic mass is 9.96. The Kier molecular flexibility index (Phi) is 4.69. The van der Waals surface area contributed by atoms with Crippen molar-refractivity contribution in [2.24, 2.45) is 0 Å². The highest BCUT2D eigenvalue weighted by Crippen LogP contribution is 2.34. The number of aryl methyl sites for hydroxylation is 4. The van der Waals surface area contributed by atoms with Gasteiger partial charge in [-0.05, 0) is 61.6 Å². The Labute approximate surface area is 157 Å². The Morgan fingerprint density at radius 1 is 0.885 bits per heavy atom. The topological polar surface area (TPSA) is 8.17 Å². The van der Waals surface area contributed by atoms with E-state index in [0.29, 0.717) is 6.04 Å². The van der Waals surface area contributed by atoms with Gasteiger partial charge in [0.2, 0.25) is 0 Å². The molecule has 0 saturated heterocycles. The van der Waals surface area contributed by atoms with Crippen LogP contribution in [0, 0.1) is 20.8 Å². The third-order valence-electron chi connectivity index (χ3n) is 5.71. The number of hydrogen-bond acceptors (Lipinski definition) is 1. The lowest BCUT2D eigenvalue weighted by Gasteiger charge is -2.32. The van der Waals surface area contributed by atoms with E-state index < -0.39 is 0 Å². The number of nitrogens with zero attached hydrogens (tertiary/aromatic N) is 2. The minimum atomic E-state index is 0.314. The molecule has 4 rings (SSSR count). The van der Waals surface area contributed by atoms with E-state index in [1.54, 1.807) is 0 Å². The van der Waals surface area contributed by atoms with Crippen LogP contribution in [-0.2, 0) is 13.1 Å². The molecule has 1 atom stereocenters. The first kappa shape index (κ1) is 17.1. The fourth-order valence-electron chi connectivity index (χ4n) is 4.30. The summed E-state index contributed by atoms with van der Waals surface area (Å²) >= 11 is 0. The minimum Gasteiger partial charge on any atom is -0.350 e. The molecule has 0 fully saturated rings. The smallest absolute Gasteiger partial charge is 0.0761 e. The van der Waals surface area contributed by atoms with Crippen LogP contribution in [0.2, 0.25) is 0 Å². The average molecular weight is 345 g/mol. The number of aromatic nitrogens is 1. The van der Waals surface area contributed by atoms with Crippen molar-refractivity contribution in [3.63, 3.8) is 0 Å². The molecule has 1 unspecified atom stereocenters. The van der Waals surface area contributed by atoms with Gasteiger partial charge in [0.1, 0.15) is 0 Å². The molecule has 2 aromatic carbocycles. The molecule has 1 aromatic heterocycles. The molecule has 2 nitrogen and oxygen atoms in total. The fourth-order valence-corrected chi connectivity index (χ4v) is 4.30. The van der Waals surface area contributed by atoms with Gasteiger partial charge in [0.05, 0.1) is 6.04 Å². The summed E-state index contributed by atoms with van der Waals surface area (Å²) in [5.74, 6) is 0. The Balaban J connectivity index is 1.77. The predicted octanol–water partition coefficient (Wildman–Crippen LogP) is 5.41. The van der Waals surface area contributed by atoms with Gasteiger partial charge >= 0.3 is 0 Å². The van der Waals surface area contributed by atoms with Gasteiger partial charge in [0.15, 0.2) is 0 Å². The molecule has 0 N–H and O–H groups in total. The van der Waals surface area contributed by atoms with Crippen LogP contribution < -0.4 is 0 Å². The molecule has 2 heteroatoms. The van der Waals surface area contributed by atoms with Crippen LogP contribution in [0.1, 0.15) is 46.0 Å². The van der Waals surface area contributed by atoms with Gasteiger partial charge in [-0.3, -0.25) is 4.90 Å².